The molecule has 1 aliphatic heterocycles. The first-order valence-electron chi connectivity index (χ1n) is 8.53. The normalized spacial score (nSPS) is 19.3. The van der Waals surface area contributed by atoms with Crippen LogP contribution in [-0.2, 0) is 17.5 Å². The summed E-state index contributed by atoms with van der Waals surface area (Å²) in [5, 5.41) is 0. The second-order valence-corrected chi connectivity index (χ2v) is 6.24. The summed E-state index contributed by atoms with van der Waals surface area (Å²) in [6, 6.07) is 5.69. The highest BCUT2D eigenvalue weighted by molar-refractivity contribution is 5.79. The standard InChI is InChI=1S/C18H25F3N2O/c1-3-23(4-2)17(24)15-9-7-11-22(13-15)12-14-8-5-6-10-16(14)18(19,20)21/h5-6,8,10,15H,3-4,7,9,11-13H2,1-2H3/t15-/m1/s1. The summed E-state index contributed by atoms with van der Waals surface area (Å²) >= 11 is 0. The number of carbonyl (C=O) groups is 1. The van der Waals surface area contributed by atoms with E-state index >= 15 is 0 Å². The first kappa shape index (κ1) is 18.8. The lowest BCUT2D eigenvalue weighted by molar-refractivity contribution is -0.139. The Morgan fingerprint density at radius 1 is 1.25 bits per heavy atom. The minimum absolute atomic E-state index is 0.114. The zero-order chi connectivity index (χ0) is 17.7. The molecule has 1 aliphatic rings. The molecule has 2 rings (SSSR count). The Labute approximate surface area is 141 Å². The average molecular weight is 342 g/mol. The highest BCUT2D eigenvalue weighted by atomic mass is 19.4. The molecule has 6 heteroatoms. The van der Waals surface area contributed by atoms with Crippen molar-refractivity contribution in [2.45, 2.75) is 39.4 Å². The Hall–Kier alpha value is -1.56. The Morgan fingerprint density at radius 3 is 2.54 bits per heavy atom. The van der Waals surface area contributed by atoms with Crippen LogP contribution in [0.4, 0.5) is 13.2 Å². The van der Waals surface area contributed by atoms with E-state index < -0.39 is 11.7 Å². The fourth-order valence-corrected chi connectivity index (χ4v) is 3.37. The number of benzene rings is 1. The van der Waals surface area contributed by atoms with Crippen molar-refractivity contribution in [3.8, 4) is 0 Å². The maximum atomic E-state index is 13.1. The number of hydrogen-bond donors (Lipinski definition) is 0. The van der Waals surface area contributed by atoms with Crippen LogP contribution in [0.5, 0.6) is 0 Å². The lowest BCUT2D eigenvalue weighted by Gasteiger charge is -2.34. The van der Waals surface area contributed by atoms with Gasteiger partial charge in [-0.15, -0.1) is 0 Å². The lowest BCUT2D eigenvalue weighted by Crippen LogP contribution is -2.44. The Bertz CT molecular complexity index is 555. The number of amides is 1. The number of halogens is 3. The molecule has 0 unspecified atom stereocenters. The third kappa shape index (κ3) is 4.50. The molecule has 1 heterocycles. The van der Waals surface area contributed by atoms with E-state index in [1.807, 2.05) is 18.7 Å². The van der Waals surface area contributed by atoms with E-state index in [0.29, 0.717) is 19.6 Å². The monoisotopic (exact) mass is 342 g/mol. The Morgan fingerprint density at radius 2 is 1.92 bits per heavy atom. The van der Waals surface area contributed by atoms with E-state index in [1.54, 1.807) is 11.0 Å². The van der Waals surface area contributed by atoms with E-state index in [-0.39, 0.29) is 23.9 Å². The molecule has 3 nitrogen and oxygen atoms in total. The molecular weight excluding hydrogens is 317 g/mol. The number of piperidine rings is 1. The van der Waals surface area contributed by atoms with Crippen molar-refractivity contribution in [1.82, 2.24) is 9.80 Å². The average Bonchev–Trinajstić information content (AvgIpc) is 2.55. The van der Waals surface area contributed by atoms with Crippen molar-refractivity contribution in [3.05, 3.63) is 35.4 Å². The van der Waals surface area contributed by atoms with Gasteiger partial charge in [-0.25, -0.2) is 0 Å². The Balaban J connectivity index is 2.08. The minimum atomic E-state index is -4.34. The maximum Gasteiger partial charge on any atom is 0.416 e. The van der Waals surface area contributed by atoms with Crippen LogP contribution in [0.15, 0.2) is 24.3 Å². The van der Waals surface area contributed by atoms with Crippen LogP contribution < -0.4 is 0 Å². The number of carbonyl (C=O) groups excluding carboxylic acids is 1. The first-order chi connectivity index (χ1) is 11.4. The second-order valence-electron chi connectivity index (χ2n) is 6.24. The van der Waals surface area contributed by atoms with E-state index in [0.717, 1.165) is 25.5 Å². The smallest absolute Gasteiger partial charge is 0.343 e. The van der Waals surface area contributed by atoms with Gasteiger partial charge in [-0.05, 0) is 44.9 Å². The number of alkyl halides is 3. The summed E-state index contributed by atoms with van der Waals surface area (Å²) in [6.45, 7) is 6.72. The predicted octanol–water partition coefficient (Wildman–Crippen LogP) is 3.79. The molecule has 0 N–H and O–H groups in total. The van der Waals surface area contributed by atoms with Gasteiger partial charge < -0.3 is 4.90 Å². The number of likely N-dealkylation sites (tertiary alicyclic amines) is 1. The molecule has 0 aliphatic carbocycles. The molecule has 0 saturated carbocycles. The van der Waals surface area contributed by atoms with Gasteiger partial charge in [-0.1, -0.05) is 18.2 Å². The maximum absolute atomic E-state index is 13.1. The topological polar surface area (TPSA) is 23.6 Å². The van der Waals surface area contributed by atoms with Crippen molar-refractivity contribution in [1.29, 1.82) is 0 Å². The van der Waals surface area contributed by atoms with Crippen molar-refractivity contribution in [2.75, 3.05) is 26.2 Å². The largest absolute Gasteiger partial charge is 0.416 e. The van der Waals surface area contributed by atoms with Gasteiger partial charge in [-0.2, -0.15) is 13.2 Å². The third-order valence-corrected chi connectivity index (χ3v) is 4.65. The van der Waals surface area contributed by atoms with Crippen LogP contribution in [0.2, 0.25) is 0 Å². The zero-order valence-electron chi connectivity index (χ0n) is 14.3. The van der Waals surface area contributed by atoms with Crippen LogP contribution in [0.25, 0.3) is 0 Å². The summed E-state index contributed by atoms with van der Waals surface area (Å²) < 4.78 is 39.4. The summed E-state index contributed by atoms with van der Waals surface area (Å²) in [7, 11) is 0. The summed E-state index contributed by atoms with van der Waals surface area (Å²) in [5.41, 5.74) is -0.303. The first-order valence-corrected chi connectivity index (χ1v) is 8.53. The molecule has 1 saturated heterocycles. The number of rotatable bonds is 5. The molecule has 0 aromatic heterocycles. The molecule has 0 bridgehead atoms. The molecule has 0 spiro atoms. The minimum Gasteiger partial charge on any atom is -0.343 e. The van der Waals surface area contributed by atoms with E-state index in [9.17, 15) is 18.0 Å². The van der Waals surface area contributed by atoms with Crippen LogP contribution in [-0.4, -0.2) is 41.9 Å². The molecule has 1 atom stereocenters. The van der Waals surface area contributed by atoms with Crippen molar-refractivity contribution in [2.24, 2.45) is 5.92 Å². The van der Waals surface area contributed by atoms with Crippen LogP contribution in [0.1, 0.15) is 37.8 Å². The molecule has 1 aromatic carbocycles. The van der Waals surface area contributed by atoms with E-state index in [4.69, 9.17) is 0 Å². The van der Waals surface area contributed by atoms with Gasteiger partial charge in [0, 0.05) is 26.2 Å². The fraction of sp³-hybridized carbons (Fsp3) is 0.611. The van der Waals surface area contributed by atoms with Gasteiger partial charge in [0.15, 0.2) is 0 Å². The van der Waals surface area contributed by atoms with Crippen molar-refractivity contribution >= 4 is 5.91 Å². The van der Waals surface area contributed by atoms with Gasteiger partial charge in [0.25, 0.3) is 0 Å². The van der Waals surface area contributed by atoms with E-state index in [2.05, 4.69) is 0 Å². The highest BCUT2D eigenvalue weighted by Crippen LogP contribution is 2.33. The summed E-state index contributed by atoms with van der Waals surface area (Å²) in [4.78, 5) is 16.3. The molecule has 1 amide bonds. The van der Waals surface area contributed by atoms with Crippen LogP contribution in [0.3, 0.4) is 0 Å². The zero-order valence-corrected chi connectivity index (χ0v) is 14.3. The summed E-state index contributed by atoms with van der Waals surface area (Å²) in [5.74, 6) is 0.00510. The number of nitrogens with zero attached hydrogens (tertiary/aromatic N) is 2. The van der Waals surface area contributed by atoms with Gasteiger partial charge in [0.1, 0.15) is 0 Å². The van der Waals surface area contributed by atoms with Crippen LogP contribution >= 0.6 is 0 Å². The molecular formula is C18H25F3N2O. The van der Waals surface area contributed by atoms with Gasteiger partial charge >= 0.3 is 6.18 Å². The van der Waals surface area contributed by atoms with Crippen LogP contribution in [0, 0.1) is 5.92 Å². The fourth-order valence-electron chi connectivity index (χ4n) is 3.37. The van der Waals surface area contributed by atoms with Gasteiger partial charge in [0.2, 0.25) is 5.91 Å². The van der Waals surface area contributed by atoms with Gasteiger partial charge in [-0.3, -0.25) is 9.69 Å². The molecule has 0 radical (unpaired) electrons. The van der Waals surface area contributed by atoms with Crippen molar-refractivity contribution in [3.63, 3.8) is 0 Å². The molecule has 1 aromatic rings. The predicted molar refractivity (Wildman–Crippen MR) is 87.4 cm³/mol. The quantitative estimate of drug-likeness (QED) is 0.813. The molecule has 134 valence electrons. The number of hydrogen-bond acceptors (Lipinski definition) is 2. The Kier molecular flexibility index (Phi) is 6.27. The third-order valence-electron chi connectivity index (χ3n) is 4.65. The summed E-state index contributed by atoms with van der Waals surface area (Å²) in [6.07, 6.45) is -2.69. The molecule has 1 fully saturated rings. The van der Waals surface area contributed by atoms with Crippen molar-refractivity contribution < 1.29 is 18.0 Å². The second kappa shape index (κ2) is 8.01. The van der Waals surface area contributed by atoms with E-state index in [1.165, 1.54) is 12.1 Å². The lowest BCUT2D eigenvalue weighted by atomic mass is 9.95. The van der Waals surface area contributed by atoms with Gasteiger partial charge in [0.05, 0.1) is 11.5 Å². The molecule has 24 heavy (non-hydrogen) atoms. The SMILES string of the molecule is CCN(CC)C(=O)[C@@H]1CCCN(Cc2ccccc2C(F)(F)F)C1. The highest BCUT2D eigenvalue weighted by Gasteiger charge is 2.34.